The first-order valence-electron chi connectivity index (χ1n) is 7.92. The number of nitrogens with zero attached hydrogens (tertiary/aromatic N) is 1. The molecule has 1 aromatic heterocycles. The van der Waals surface area contributed by atoms with Gasteiger partial charge in [-0.15, -0.1) is 0 Å². The van der Waals surface area contributed by atoms with Crippen LogP contribution in [0.1, 0.15) is 42.0 Å². The lowest BCUT2D eigenvalue weighted by Crippen LogP contribution is -2.44. The van der Waals surface area contributed by atoms with Gasteiger partial charge in [-0.05, 0) is 25.0 Å². The zero-order chi connectivity index (χ0) is 18.0. The van der Waals surface area contributed by atoms with Crippen molar-refractivity contribution in [2.75, 3.05) is 13.7 Å². The average molecular weight is 350 g/mol. The number of urea groups is 1. The number of methoxy groups -OCH3 is 1. The van der Waals surface area contributed by atoms with Crippen molar-refractivity contribution in [1.29, 1.82) is 0 Å². The number of hydrogen-bond acceptors (Lipinski definition) is 7. The topological polar surface area (TPSA) is 115 Å². The van der Waals surface area contributed by atoms with Gasteiger partial charge in [0.25, 0.3) is 5.91 Å². The summed E-state index contributed by atoms with van der Waals surface area (Å²) in [6, 6.07) is 2.30. The number of nitrogens with one attached hydrogen (secondary N) is 1. The van der Waals surface area contributed by atoms with Crippen molar-refractivity contribution in [3.05, 3.63) is 23.7 Å². The van der Waals surface area contributed by atoms with Crippen LogP contribution in [-0.2, 0) is 25.7 Å². The molecule has 25 heavy (non-hydrogen) atoms. The number of hydrogen-bond donors (Lipinski definition) is 1. The van der Waals surface area contributed by atoms with Crippen LogP contribution < -0.4 is 5.32 Å². The van der Waals surface area contributed by atoms with Gasteiger partial charge in [0, 0.05) is 0 Å². The molecule has 0 bridgehead atoms. The first-order chi connectivity index (χ1) is 11.9. The molecule has 1 aromatic rings. The first kappa shape index (κ1) is 17.0. The highest BCUT2D eigenvalue weighted by atomic mass is 16.6. The Kier molecular flexibility index (Phi) is 4.47. The molecule has 2 fully saturated rings. The monoisotopic (exact) mass is 350 g/mol. The summed E-state index contributed by atoms with van der Waals surface area (Å²) in [7, 11) is 1.22. The smallest absolute Gasteiger partial charge is 0.373 e. The van der Waals surface area contributed by atoms with Gasteiger partial charge in [-0.2, -0.15) is 0 Å². The molecule has 9 nitrogen and oxygen atoms in total. The van der Waals surface area contributed by atoms with Crippen molar-refractivity contribution in [3.8, 4) is 0 Å². The molecule has 1 spiro atoms. The van der Waals surface area contributed by atoms with Gasteiger partial charge in [0.1, 0.15) is 24.5 Å². The number of esters is 2. The molecule has 1 N–H and O–H groups in total. The second-order valence-corrected chi connectivity index (χ2v) is 6.03. The molecule has 1 aliphatic carbocycles. The van der Waals surface area contributed by atoms with Crippen molar-refractivity contribution in [2.45, 2.75) is 37.8 Å². The van der Waals surface area contributed by atoms with E-state index in [9.17, 15) is 19.2 Å². The summed E-state index contributed by atoms with van der Waals surface area (Å²) in [5.74, 6) is -1.52. The van der Waals surface area contributed by atoms with E-state index in [0.29, 0.717) is 12.8 Å². The van der Waals surface area contributed by atoms with E-state index in [-0.39, 0.29) is 24.0 Å². The van der Waals surface area contributed by atoms with Crippen LogP contribution in [0.2, 0.25) is 0 Å². The summed E-state index contributed by atoms with van der Waals surface area (Å²) in [6.45, 7) is -0.679. The van der Waals surface area contributed by atoms with Crippen LogP contribution in [0, 0.1) is 0 Å². The molecule has 1 saturated heterocycles. The van der Waals surface area contributed by atoms with Gasteiger partial charge in [0.2, 0.25) is 5.76 Å². The fourth-order valence-electron chi connectivity index (χ4n) is 3.13. The van der Waals surface area contributed by atoms with E-state index in [1.165, 1.54) is 19.2 Å². The summed E-state index contributed by atoms with van der Waals surface area (Å²) in [5, 5.41) is 2.69. The van der Waals surface area contributed by atoms with Crippen molar-refractivity contribution >= 4 is 23.9 Å². The quantitative estimate of drug-likeness (QED) is 0.621. The zero-order valence-electron chi connectivity index (χ0n) is 13.7. The Labute approximate surface area is 143 Å². The average Bonchev–Trinajstić information content (AvgIpc) is 3.30. The standard InChI is InChI=1S/C16H18N2O7/c1-23-13(20)11-5-4-10(25-11)9-24-12(19)8-18-14(21)16(17-15(18)22)6-2-3-7-16/h4-5H,2-3,6-9H2,1H3,(H,17,22). The van der Waals surface area contributed by atoms with Gasteiger partial charge in [-0.1, -0.05) is 12.8 Å². The van der Waals surface area contributed by atoms with Gasteiger partial charge in [0.15, 0.2) is 0 Å². The largest absolute Gasteiger partial charge is 0.463 e. The molecule has 0 unspecified atom stereocenters. The number of imide groups is 1. The molecule has 0 atom stereocenters. The van der Waals surface area contributed by atoms with Crippen molar-refractivity contribution in [2.24, 2.45) is 0 Å². The van der Waals surface area contributed by atoms with Gasteiger partial charge in [-0.25, -0.2) is 9.59 Å². The van der Waals surface area contributed by atoms with Crippen LogP contribution in [0.3, 0.4) is 0 Å². The number of carbonyl (C=O) groups is 4. The van der Waals surface area contributed by atoms with Crippen molar-refractivity contribution in [1.82, 2.24) is 10.2 Å². The molecule has 3 rings (SSSR count). The predicted octanol–water partition coefficient (Wildman–Crippen LogP) is 0.974. The lowest BCUT2D eigenvalue weighted by atomic mass is 9.98. The second-order valence-electron chi connectivity index (χ2n) is 6.03. The zero-order valence-corrected chi connectivity index (χ0v) is 13.7. The fourth-order valence-corrected chi connectivity index (χ4v) is 3.13. The molecule has 0 aromatic carbocycles. The highest BCUT2D eigenvalue weighted by Gasteiger charge is 2.52. The van der Waals surface area contributed by atoms with Crippen molar-refractivity contribution in [3.63, 3.8) is 0 Å². The van der Waals surface area contributed by atoms with Gasteiger partial charge in [-0.3, -0.25) is 14.5 Å². The Bertz CT molecular complexity index is 718. The van der Waals surface area contributed by atoms with E-state index in [1.54, 1.807) is 0 Å². The number of amides is 3. The molecule has 3 amide bonds. The first-order valence-corrected chi connectivity index (χ1v) is 7.92. The molecule has 9 heteroatoms. The van der Waals surface area contributed by atoms with Gasteiger partial charge < -0.3 is 19.2 Å². The minimum Gasteiger partial charge on any atom is -0.463 e. The summed E-state index contributed by atoms with van der Waals surface area (Å²) >= 11 is 0. The molecule has 1 saturated carbocycles. The molecular formula is C16H18N2O7. The summed E-state index contributed by atoms with van der Waals surface area (Å²) in [5.41, 5.74) is -0.853. The third-order valence-electron chi connectivity index (χ3n) is 4.41. The van der Waals surface area contributed by atoms with E-state index >= 15 is 0 Å². The molecular weight excluding hydrogens is 332 g/mol. The minimum absolute atomic E-state index is 0.00850. The van der Waals surface area contributed by atoms with Gasteiger partial charge >= 0.3 is 18.0 Å². The van der Waals surface area contributed by atoms with E-state index < -0.39 is 30.1 Å². The second kappa shape index (κ2) is 6.58. The van der Waals surface area contributed by atoms with E-state index in [1.807, 2.05) is 0 Å². The van der Waals surface area contributed by atoms with Crippen LogP contribution >= 0.6 is 0 Å². The Morgan fingerprint density at radius 3 is 2.68 bits per heavy atom. The Balaban J connectivity index is 1.54. The predicted molar refractivity (Wildman–Crippen MR) is 81.3 cm³/mol. The van der Waals surface area contributed by atoms with Crippen LogP contribution in [-0.4, -0.2) is 48.0 Å². The Hall–Kier alpha value is -2.84. The molecule has 2 heterocycles. The van der Waals surface area contributed by atoms with Crippen LogP contribution in [0.4, 0.5) is 4.79 Å². The lowest BCUT2D eigenvalue weighted by Gasteiger charge is -2.19. The maximum Gasteiger partial charge on any atom is 0.373 e. The lowest BCUT2D eigenvalue weighted by molar-refractivity contribution is -0.149. The maximum atomic E-state index is 12.4. The SMILES string of the molecule is COC(=O)c1ccc(COC(=O)CN2C(=O)NC3(CCCC3)C2=O)o1. The minimum atomic E-state index is -0.853. The van der Waals surface area contributed by atoms with Gasteiger partial charge in [0.05, 0.1) is 7.11 Å². The number of carbonyl (C=O) groups excluding carboxylic acids is 4. The number of furan rings is 1. The summed E-state index contributed by atoms with van der Waals surface area (Å²) in [4.78, 5) is 48.5. The summed E-state index contributed by atoms with van der Waals surface area (Å²) < 4.78 is 14.7. The molecule has 0 radical (unpaired) electrons. The van der Waals surface area contributed by atoms with E-state index in [0.717, 1.165) is 17.7 Å². The van der Waals surface area contributed by atoms with Crippen LogP contribution in [0.25, 0.3) is 0 Å². The maximum absolute atomic E-state index is 12.4. The molecule has 1 aliphatic heterocycles. The van der Waals surface area contributed by atoms with Crippen LogP contribution in [0.5, 0.6) is 0 Å². The molecule has 2 aliphatic rings. The van der Waals surface area contributed by atoms with Crippen molar-refractivity contribution < 1.29 is 33.1 Å². The third kappa shape index (κ3) is 3.21. The highest BCUT2D eigenvalue weighted by molar-refractivity contribution is 6.08. The normalized spacial score (nSPS) is 18.5. The van der Waals surface area contributed by atoms with E-state index in [4.69, 9.17) is 9.15 Å². The molecule has 134 valence electrons. The summed E-state index contributed by atoms with van der Waals surface area (Å²) in [6.07, 6.45) is 2.91. The Morgan fingerprint density at radius 2 is 2.00 bits per heavy atom. The third-order valence-corrected chi connectivity index (χ3v) is 4.41. The fraction of sp³-hybridized carbons (Fsp3) is 0.500. The van der Waals surface area contributed by atoms with Crippen LogP contribution in [0.15, 0.2) is 16.5 Å². The van der Waals surface area contributed by atoms with E-state index in [2.05, 4.69) is 10.1 Å². The Morgan fingerprint density at radius 1 is 1.28 bits per heavy atom. The highest BCUT2D eigenvalue weighted by Crippen LogP contribution is 2.34. The number of ether oxygens (including phenoxy) is 2. The number of rotatable bonds is 5.